The van der Waals surface area contributed by atoms with Crippen molar-refractivity contribution in [3.05, 3.63) is 60.7 Å². The van der Waals surface area contributed by atoms with Gasteiger partial charge >= 0.3 is 0 Å². The number of fused-ring (bicyclic) bond motifs is 9. The second kappa shape index (κ2) is 3.76. The third kappa shape index (κ3) is 1.30. The molecule has 6 aromatic rings. The second-order valence-electron chi connectivity index (χ2n) is 5.77. The number of furan rings is 3. The summed E-state index contributed by atoms with van der Waals surface area (Å²) in [6, 6.07) is 20.0. The quantitative estimate of drug-likeness (QED) is 0.333. The third-order valence-electron chi connectivity index (χ3n) is 4.52. The number of hydrogen-bond acceptors (Lipinski definition) is 3. The van der Waals surface area contributed by atoms with Crippen molar-refractivity contribution in [2.45, 2.75) is 0 Å². The largest absolute Gasteiger partial charge is 0.456 e. The molecule has 3 aromatic heterocycles. The lowest BCUT2D eigenvalue weighted by molar-refractivity contribution is 0.524. The maximum atomic E-state index is 6.00. The predicted molar refractivity (Wildman–Crippen MR) is 90.8 cm³/mol. The first-order valence-electron chi connectivity index (χ1n) is 7.54. The summed E-state index contributed by atoms with van der Waals surface area (Å²) in [4.78, 5) is 0. The molecule has 3 heteroatoms. The van der Waals surface area contributed by atoms with Crippen molar-refractivity contribution in [2.24, 2.45) is 0 Å². The van der Waals surface area contributed by atoms with Gasteiger partial charge in [-0.15, -0.1) is 0 Å². The molecular formula is C20H10O3. The van der Waals surface area contributed by atoms with Crippen molar-refractivity contribution in [2.75, 3.05) is 0 Å². The van der Waals surface area contributed by atoms with Crippen molar-refractivity contribution >= 4 is 55.0 Å². The van der Waals surface area contributed by atoms with E-state index in [1.807, 2.05) is 48.5 Å². The minimum absolute atomic E-state index is 0.569. The molecule has 0 saturated carbocycles. The van der Waals surface area contributed by atoms with Crippen molar-refractivity contribution in [3.8, 4) is 0 Å². The van der Waals surface area contributed by atoms with Gasteiger partial charge in [-0.05, 0) is 24.3 Å². The van der Waals surface area contributed by atoms with Crippen molar-refractivity contribution in [3.63, 3.8) is 0 Å². The molecule has 0 N–H and O–H groups in total. The second-order valence-corrected chi connectivity index (χ2v) is 5.77. The summed E-state index contributed by atoms with van der Waals surface area (Å²) in [6.07, 6.45) is 0. The molecule has 0 fully saturated rings. The van der Waals surface area contributed by atoms with E-state index >= 15 is 0 Å². The standard InChI is InChI=1S/C20H10O3/c1-3-7-13-11(5-1)17-15(21-13)9-10-16-19(17)18-12-6-2-4-8-14(12)22-20(18)23-16/h1-10H. The Morgan fingerprint density at radius 3 is 1.78 bits per heavy atom. The molecule has 0 atom stereocenters. The Kier molecular flexibility index (Phi) is 1.86. The summed E-state index contributed by atoms with van der Waals surface area (Å²) in [5.41, 5.74) is 3.42. The molecule has 0 aliphatic rings. The van der Waals surface area contributed by atoms with Gasteiger partial charge in [-0.25, -0.2) is 0 Å². The average Bonchev–Trinajstić information content (AvgIpc) is 3.22. The smallest absolute Gasteiger partial charge is 0.299 e. The number of para-hydroxylation sites is 2. The van der Waals surface area contributed by atoms with Gasteiger partial charge in [-0.1, -0.05) is 36.4 Å². The van der Waals surface area contributed by atoms with Gasteiger partial charge in [0, 0.05) is 21.5 Å². The highest BCUT2D eigenvalue weighted by atomic mass is 16.5. The number of rotatable bonds is 0. The zero-order valence-electron chi connectivity index (χ0n) is 12.0. The third-order valence-corrected chi connectivity index (χ3v) is 4.52. The summed E-state index contributed by atoms with van der Waals surface area (Å²) in [5, 5.41) is 5.34. The van der Waals surface area contributed by atoms with E-state index in [1.54, 1.807) is 0 Å². The lowest BCUT2D eigenvalue weighted by atomic mass is 10.0. The van der Waals surface area contributed by atoms with Crippen molar-refractivity contribution < 1.29 is 13.3 Å². The summed E-state index contributed by atoms with van der Waals surface area (Å²) in [5.74, 6) is 0.569. The Bertz CT molecular complexity index is 1360. The van der Waals surface area contributed by atoms with E-state index < -0.39 is 0 Å². The first kappa shape index (κ1) is 11.4. The maximum absolute atomic E-state index is 6.00. The zero-order valence-corrected chi connectivity index (χ0v) is 12.0. The van der Waals surface area contributed by atoms with Crippen LogP contribution in [0.2, 0.25) is 0 Å². The van der Waals surface area contributed by atoms with Gasteiger partial charge in [-0.3, -0.25) is 0 Å². The molecule has 3 heterocycles. The van der Waals surface area contributed by atoms with E-state index in [1.165, 1.54) is 0 Å². The Labute approximate surface area is 129 Å². The highest BCUT2D eigenvalue weighted by Crippen LogP contribution is 2.43. The molecule has 108 valence electrons. The summed E-state index contributed by atoms with van der Waals surface area (Å²) in [6.45, 7) is 0. The fourth-order valence-corrected chi connectivity index (χ4v) is 3.56. The van der Waals surface area contributed by atoms with Gasteiger partial charge in [0.2, 0.25) is 0 Å². The Hall–Kier alpha value is -3.20. The van der Waals surface area contributed by atoms with Crippen LogP contribution in [0.4, 0.5) is 0 Å². The number of hydrogen-bond donors (Lipinski definition) is 0. The van der Waals surface area contributed by atoms with E-state index in [9.17, 15) is 0 Å². The summed E-state index contributed by atoms with van der Waals surface area (Å²) in [7, 11) is 0. The fourth-order valence-electron chi connectivity index (χ4n) is 3.56. The Morgan fingerprint density at radius 1 is 0.435 bits per heavy atom. The summed E-state index contributed by atoms with van der Waals surface area (Å²) >= 11 is 0. The van der Waals surface area contributed by atoms with E-state index in [2.05, 4.69) is 12.1 Å². The Morgan fingerprint density at radius 2 is 1.00 bits per heavy atom. The Balaban J connectivity index is 2.01. The van der Waals surface area contributed by atoms with Crippen LogP contribution in [0.15, 0.2) is 73.9 Å². The lowest BCUT2D eigenvalue weighted by Gasteiger charge is -1.93. The zero-order chi connectivity index (χ0) is 15.0. The van der Waals surface area contributed by atoms with Gasteiger partial charge < -0.3 is 13.3 Å². The van der Waals surface area contributed by atoms with Crippen LogP contribution in [-0.2, 0) is 0 Å². The van der Waals surface area contributed by atoms with Crippen LogP contribution in [0.3, 0.4) is 0 Å². The molecule has 0 unspecified atom stereocenters. The molecule has 23 heavy (non-hydrogen) atoms. The van der Waals surface area contributed by atoms with Crippen LogP contribution in [-0.4, -0.2) is 0 Å². The van der Waals surface area contributed by atoms with Crippen molar-refractivity contribution in [1.29, 1.82) is 0 Å². The molecule has 0 bridgehead atoms. The van der Waals surface area contributed by atoms with E-state index in [-0.39, 0.29) is 0 Å². The van der Waals surface area contributed by atoms with Gasteiger partial charge in [0.15, 0.2) is 0 Å². The lowest BCUT2D eigenvalue weighted by Crippen LogP contribution is -1.71. The first-order valence-corrected chi connectivity index (χ1v) is 7.54. The molecule has 3 aromatic carbocycles. The predicted octanol–water partition coefficient (Wildman–Crippen LogP) is 6.23. The van der Waals surface area contributed by atoms with Gasteiger partial charge in [-0.2, -0.15) is 0 Å². The molecular weight excluding hydrogens is 288 g/mol. The van der Waals surface area contributed by atoms with E-state index in [0.29, 0.717) is 5.78 Å². The van der Waals surface area contributed by atoms with E-state index in [4.69, 9.17) is 13.3 Å². The highest BCUT2D eigenvalue weighted by Gasteiger charge is 2.20. The molecule has 0 saturated heterocycles. The monoisotopic (exact) mass is 298 g/mol. The topological polar surface area (TPSA) is 39.4 Å². The minimum atomic E-state index is 0.569. The molecule has 6 rings (SSSR count). The SMILES string of the molecule is c1ccc2c(c1)oc1ccc3oc4oc5ccccc5c4c3c12. The fraction of sp³-hybridized carbons (Fsp3) is 0. The van der Waals surface area contributed by atoms with Crippen LogP contribution in [0.1, 0.15) is 0 Å². The van der Waals surface area contributed by atoms with Crippen LogP contribution >= 0.6 is 0 Å². The molecule has 0 spiro atoms. The average molecular weight is 298 g/mol. The first-order chi connectivity index (χ1) is 11.4. The van der Waals surface area contributed by atoms with Gasteiger partial charge in [0.25, 0.3) is 5.78 Å². The highest BCUT2D eigenvalue weighted by molar-refractivity contribution is 6.29. The van der Waals surface area contributed by atoms with Gasteiger partial charge in [0.1, 0.15) is 22.3 Å². The molecule has 0 aliphatic carbocycles. The van der Waals surface area contributed by atoms with Crippen LogP contribution in [0.5, 0.6) is 0 Å². The van der Waals surface area contributed by atoms with Crippen molar-refractivity contribution in [1.82, 2.24) is 0 Å². The minimum Gasteiger partial charge on any atom is -0.456 e. The maximum Gasteiger partial charge on any atom is 0.299 e. The molecule has 3 nitrogen and oxygen atoms in total. The molecule has 0 radical (unpaired) electrons. The van der Waals surface area contributed by atoms with Gasteiger partial charge in [0.05, 0.1) is 5.39 Å². The molecule has 0 amide bonds. The summed E-state index contributed by atoms with van der Waals surface area (Å²) < 4.78 is 17.8. The number of benzene rings is 3. The van der Waals surface area contributed by atoms with Crippen LogP contribution < -0.4 is 0 Å². The van der Waals surface area contributed by atoms with Crippen LogP contribution in [0, 0.1) is 0 Å². The van der Waals surface area contributed by atoms with Crippen LogP contribution in [0.25, 0.3) is 55.0 Å². The normalized spacial score (nSPS) is 12.3. The molecule has 0 aliphatic heterocycles. The van der Waals surface area contributed by atoms with E-state index in [0.717, 1.165) is 49.3 Å².